The fraction of sp³-hybridized carbons (Fsp3) is 0.500. The van der Waals surface area contributed by atoms with Crippen molar-refractivity contribution in [3.8, 4) is 0 Å². The summed E-state index contributed by atoms with van der Waals surface area (Å²) >= 11 is 7.71. The topological polar surface area (TPSA) is 47.6 Å². The van der Waals surface area contributed by atoms with E-state index in [1.165, 1.54) is 0 Å². The summed E-state index contributed by atoms with van der Waals surface area (Å²) in [6.45, 7) is 14.3. The Hall–Kier alpha value is -0.790. The Labute approximate surface area is 175 Å². The minimum atomic E-state index is -1.13. The van der Waals surface area contributed by atoms with Gasteiger partial charge < -0.3 is 14.8 Å². The SMILES string of the molecule is C=C(NCCC1OCCO1)SC(=C(C)C)c1ccc(Cl)c(S(C)=O)c1.CC. The fourth-order valence-corrected chi connectivity index (χ4v) is 4.33. The van der Waals surface area contributed by atoms with Crippen LogP contribution in [0.4, 0.5) is 0 Å². The van der Waals surface area contributed by atoms with Crippen molar-refractivity contribution in [2.75, 3.05) is 26.0 Å². The third kappa shape index (κ3) is 8.00. The van der Waals surface area contributed by atoms with Crippen molar-refractivity contribution in [2.24, 2.45) is 0 Å². The van der Waals surface area contributed by atoms with E-state index in [9.17, 15) is 4.21 Å². The number of hydrogen-bond donors (Lipinski definition) is 1. The molecule has 0 spiro atoms. The van der Waals surface area contributed by atoms with E-state index in [-0.39, 0.29) is 6.29 Å². The molecule has 1 fully saturated rings. The highest BCUT2D eigenvalue weighted by Crippen LogP contribution is 2.36. The Kier molecular flexibility index (Phi) is 11.3. The lowest BCUT2D eigenvalue weighted by atomic mass is 10.1. The van der Waals surface area contributed by atoms with Crippen molar-refractivity contribution in [3.63, 3.8) is 0 Å². The van der Waals surface area contributed by atoms with Gasteiger partial charge in [0.15, 0.2) is 6.29 Å². The first-order chi connectivity index (χ1) is 12.9. The molecule has 1 atom stereocenters. The second-order valence-corrected chi connectivity index (χ2v) is 8.70. The number of benzene rings is 1. The third-order valence-electron chi connectivity index (χ3n) is 3.58. The molecule has 7 heteroatoms. The van der Waals surface area contributed by atoms with E-state index in [0.717, 1.165) is 34.0 Å². The molecular weight excluding hydrogens is 402 g/mol. The molecule has 0 bridgehead atoms. The van der Waals surface area contributed by atoms with Crippen molar-refractivity contribution >= 4 is 39.1 Å². The number of thioether (sulfide) groups is 1. The molecule has 0 aliphatic carbocycles. The third-order valence-corrected chi connectivity index (χ3v) is 6.21. The number of halogens is 1. The van der Waals surface area contributed by atoms with Gasteiger partial charge >= 0.3 is 0 Å². The minimum absolute atomic E-state index is 0.119. The van der Waals surface area contributed by atoms with Crippen LogP contribution in [0.3, 0.4) is 0 Å². The van der Waals surface area contributed by atoms with E-state index in [1.54, 1.807) is 24.1 Å². The Bertz CT molecular complexity index is 682. The van der Waals surface area contributed by atoms with E-state index in [1.807, 2.05) is 39.8 Å². The molecule has 152 valence electrons. The highest BCUT2D eigenvalue weighted by atomic mass is 35.5. The first-order valence-electron chi connectivity index (χ1n) is 9.03. The molecule has 2 rings (SSSR count). The van der Waals surface area contributed by atoms with Gasteiger partial charge in [-0.25, -0.2) is 0 Å². The lowest BCUT2D eigenvalue weighted by Gasteiger charge is -2.16. The van der Waals surface area contributed by atoms with E-state index >= 15 is 0 Å². The molecule has 1 unspecified atom stereocenters. The number of nitrogens with one attached hydrogen (secondary N) is 1. The van der Waals surface area contributed by atoms with Crippen LogP contribution in [0.2, 0.25) is 5.02 Å². The van der Waals surface area contributed by atoms with Crippen molar-refractivity contribution in [1.29, 1.82) is 0 Å². The van der Waals surface area contributed by atoms with Crippen LogP contribution in [0, 0.1) is 0 Å². The minimum Gasteiger partial charge on any atom is -0.380 e. The molecule has 1 aliphatic rings. The van der Waals surface area contributed by atoms with Gasteiger partial charge in [-0.1, -0.05) is 55.4 Å². The van der Waals surface area contributed by atoms with Crippen molar-refractivity contribution in [1.82, 2.24) is 5.32 Å². The molecule has 4 nitrogen and oxygen atoms in total. The van der Waals surface area contributed by atoms with E-state index in [2.05, 4.69) is 11.9 Å². The average Bonchev–Trinajstić information content (AvgIpc) is 3.15. The summed E-state index contributed by atoms with van der Waals surface area (Å²) in [6.07, 6.45) is 2.30. The van der Waals surface area contributed by atoms with Crippen LogP contribution in [-0.2, 0) is 20.3 Å². The normalized spacial score (nSPS) is 14.9. The van der Waals surface area contributed by atoms with Crippen molar-refractivity contribution in [2.45, 2.75) is 45.3 Å². The quantitative estimate of drug-likeness (QED) is 0.596. The van der Waals surface area contributed by atoms with Crippen LogP contribution in [-0.4, -0.2) is 36.5 Å². The van der Waals surface area contributed by atoms with Gasteiger partial charge in [0.05, 0.1) is 39.0 Å². The molecule has 1 aromatic carbocycles. The van der Waals surface area contributed by atoms with Gasteiger partial charge in [-0.2, -0.15) is 0 Å². The van der Waals surface area contributed by atoms with Crippen molar-refractivity contribution < 1.29 is 13.7 Å². The van der Waals surface area contributed by atoms with Crippen LogP contribution >= 0.6 is 23.4 Å². The zero-order chi connectivity index (χ0) is 20.4. The smallest absolute Gasteiger partial charge is 0.159 e. The number of ether oxygens (including phenoxy) is 2. The Morgan fingerprint density at radius 2 is 1.96 bits per heavy atom. The summed E-state index contributed by atoms with van der Waals surface area (Å²) in [5.74, 6) is 0. The standard InChI is InChI=1S/C18H24ClNO3S2.C2H6/c1-12(2)18(14-5-6-15(19)16(11-14)25(4)21)24-13(3)20-8-7-17-22-9-10-23-17;1-2/h5-6,11,17,20H,3,7-10H2,1-2,4H3;1-2H3. The summed E-state index contributed by atoms with van der Waals surface area (Å²) in [5.41, 5.74) is 2.15. The van der Waals surface area contributed by atoms with Gasteiger partial charge in [0.25, 0.3) is 0 Å². The van der Waals surface area contributed by atoms with E-state index in [0.29, 0.717) is 23.1 Å². The van der Waals surface area contributed by atoms with Crippen LogP contribution in [0.5, 0.6) is 0 Å². The van der Waals surface area contributed by atoms with Crippen molar-refractivity contribution in [3.05, 3.63) is 46.0 Å². The zero-order valence-electron chi connectivity index (χ0n) is 16.8. The molecular formula is C20H30ClNO3S2. The fourth-order valence-electron chi connectivity index (χ4n) is 2.38. The molecule has 0 saturated carbocycles. The maximum absolute atomic E-state index is 11.9. The molecule has 0 radical (unpaired) electrons. The predicted octanol–water partition coefficient (Wildman–Crippen LogP) is 5.41. The zero-order valence-corrected chi connectivity index (χ0v) is 19.2. The second kappa shape index (κ2) is 12.6. The number of allylic oxidation sites excluding steroid dienone is 1. The monoisotopic (exact) mass is 431 g/mol. The second-order valence-electron chi connectivity index (χ2n) is 5.84. The summed E-state index contributed by atoms with van der Waals surface area (Å²) in [6, 6.07) is 5.63. The maximum Gasteiger partial charge on any atom is 0.159 e. The van der Waals surface area contributed by atoms with E-state index in [4.69, 9.17) is 21.1 Å². The summed E-state index contributed by atoms with van der Waals surface area (Å²) in [7, 11) is -1.13. The van der Waals surface area contributed by atoms with Gasteiger partial charge in [0.2, 0.25) is 0 Å². The van der Waals surface area contributed by atoms with Gasteiger partial charge in [-0.15, -0.1) is 0 Å². The van der Waals surface area contributed by atoms with Crippen LogP contribution in [0.15, 0.2) is 40.3 Å². The Morgan fingerprint density at radius 1 is 1.33 bits per heavy atom. The first-order valence-corrected chi connectivity index (χ1v) is 11.8. The summed E-state index contributed by atoms with van der Waals surface area (Å²) < 4.78 is 22.7. The lowest BCUT2D eigenvalue weighted by Crippen LogP contribution is -2.19. The summed E-state index contributed by atoms with van der Waals surface area (Å²) in [5, 5.41) is 4.68. The molecule has 0 aromatic heterocycles. The molecule has 1 N–H and O–H groups in total. The van der Waals surface area contributed by atoms with Gasteiger partial charge in [0.1, 0.15) is 0 Å². The largest absolute Gasteiger partial charge is 0.380 e. The van der Waals surface area contributed by atoms with Gasteiger partial charge in [-0.05, 0) is 31.5 Å². The molecule has 0 amide bonds. The van der Waals surface area contributed by atoms with Crippen LogP contribution in [0.1, 0.15) is 39.7 Å². The Morgan fingerprint density at radius 3 is 2.52 bits per heavy atom. The molecule has 1 heterocycles. The maximum atomic E-state index is 11.9. The lowest BCUT2D eigenvalue weighted by molar-refractivity contribution is -0.0455. The Balaban J connectivity index is 0.00000176. The summed E-state index contributed by atoms with van der Waals surface area (Å²) in [4.78, 5) is 1.72. The highest BCUT2D eigenvalue weighted by Gasteiger charge is 2.16. The number of rotatable bonds is 8. The van der Waals surface area contributed by atoms with E-state index < -0.39 is 10.8 Å². The molecule has 1 aliphatic heterocycles. The van der Waals surface area contributed by atoms with Gasteiger partial charge in [-0.3, -0.25) is 4.21 Å². The molecule has 27 heavy (non-hydrogen) atoms. The molecule has 1 saturated heterocycles. The predicted molar refractivity (Wildman–Crippen MR) is 118 cm³/mol. The van der Waals surface area contributed by atoms with Crippen LogP contribution < -0.4 is 5.32 Å². The average molecular weight is 432 g/mol. The molecule has 1 aromatic rings. The first kappa shape index (κ1) is 24.2. The van der Waals surface area contributed by atoms with Crippen LogP contribution in [0.25, 0.3) is 4.91 Å². The highest BCUT2D eigenvalue weighted by molar-refractivity contribution is 8.11. The number of hydrogen-bond acceptors (Lipinski definition) is 5. The van der Waals surface area contributed by atoms with Gasteiger partial charge in [0, 0.05) is 24.1 Å².